The summed E-state index contributed by atoms with van der Waals surface area (Å²) in [5.74, 6) is -2.83. The molecule has 3 rings (SSSR count). The maximum Gasteiger partial charge on any atom is 0.267 e. The van der Waals surface area contributed by atoms with Gasteiger partial charge in [0.05, 0.1) is 24.6 Å². The van der Waals surface area contributed by atoms with Crippen LogP contribution in [-0.2, 0) is 16.6 Å². The smallest absolute Gasteiger partial charge is 0.267 e. The molecule has 1 heterocycles. The molecule has 1 saturated carbocycles. The van der Waals surface area contributed by atoms with Gasteiger partial charge in [-0.15, -0.1) is 0 Å². The Balaban J connectivity index is 1.66. The summed E-state index contributed by atoms with van der Waals surface area (Å²) >= 11 is 6.13. The van der Waals surface area contributed by atoms with Crippen molar-refractivity contribution >= 4 is 27.5 Å². The monoisotopic (exact) mass is 460 g/mol. The van der Waals surface area contributed by atoms with E-state index in [1.54, 1.807) is 4.72 Å². The Morgan fingerprint density at radius 3 is 2.53 bits per heavy atom. The Hall–Kier alpha value is -2.46. The Labute approximate surface area is 177 Å². The standard InChI is InChI=1S/C19H19ClF2N2O5S/c1-19(3-4-19)10-29-18-14(20)6-12(8-23-18)28-9-11-5-16(22)13(7-15(11)21)17(25)24-30(2,26)27/h5-8H,3-4,9-10H2,1-2H3,(H,24,25). The Morgan fingerprint density at radius 1 is 1.23 bits per heavy atom. The van der Waals surface area contributed by atoms with E-state index in [2.05, 4.69) is 11.9 Å². The van der Waals surface area contributed by atoms with E-state index in [4.69, 9.17) is 21.1 Å². The number of pyridine rings is 1. The van der Waals surface area contributed by atoms with E-state index in [9.17, 15) is 22.0 Å². The third-order valence-corrected chi connectivity index (χ3v) is 5.32. The van der Waals surface area contributed by atoms with Gasteiger partial charge in [0.15, 0.2) is 0 Å². The lowest BCUT2D eigenvalue weighted by Crippen LogP contribution is -2.30. The number of carbonyl (C=O) groups is 1. The number of nitrogens with one attached hydrogen (secondary N) is 1. The van der Waals surface area contributed by atoms with E-state index in [-0.39, 0.29) is 34.2 Å². The van der Waals surface area contributed by atoms with Crippen LogP contribution in [0.15, 0.2) is 24.4 Å². The maximum atomic E-state index is 14.2. The van der Waals surface area contributed by atoms with Crippen molar-refractivity contribution in [3.8, 4) is 11.6 Å². The van der Waals surface area contributed by atoms with Gasteiger partial charge in [-0.05, 0) is 25.0 Å². The van der Waals surface area contributed by atoms with Crippen molar-refractivity contribution in [1.82, 2.24) is 9.71 Å². The lowest BCUT2D eigenvalue weighted by atomic mass is 10.1. The van der Waals surface area contributed by atoms with Crippen LogP contribution < -0.4 is 14.2 Å². The molecule has 1 N–H and O–H groups in total. The van der Waals surface area contributed by atoms with Gasteiger partial charge in [0, 0.05) is 17.0 Å². The molecule has 30 heavy (non-hydrogen) atoms. The second-order valence-electron chi connectivity index (χ2n) is 7.47. The molecule has 162 valence electrons. The minimum Gasteiger partial charge on any atom is -0.487 e. The summed E-state index contributed by atoms with van der Waals surface area (Å²) in [5.41, 5.74) is -0.759. The molecule has 0 aliphatic heterocycles. The molecular weight excluding hydrogens is 442 g/mol. The van der Waals surface area contributed by atoms with Crippen LogP contribution in [0.25, 0.3) is 0 Å². The van der Waals surface area contributed by atoms with Crippen molar-refractivity contribution in [3.05, 3.63) is 52.2 Å². The Bertz CT molecular complexity index is 1090. The van der Waals surface area contributed by atoms with Crippen LogP contribution in [0.5, 0.6) is 11.6 Å². The highest BCUT2D eigenvalue weighted by molar-refractivity contribution is 7.89. The van der Waals surface area contributed by atoms with Gasteiger partial charge >= 0.3 is 0 Å². The van der Waals surface area contributed by atoms with Crippen molar-refractivity contribution in [1.29, 1.82) is 0 Å². The number of rotatable bonds is 8. The lowest BCUT2D eigenvalue weighted by Gasteiger charge is -2.13. The first-order valence-electron chi connectivity index (χ1n) is 8.87. The first kappa shape index (κ1) is 22.2. The summed E-state index contributed by atoms with van der Waals surface area (Å²) in [6.45, 7) is 2.23. The second-order valence-corrected chi connectivity index (χ2v) is 9.63. The predicted octanol–water partition coefficient (Wildman–Crippen LogP) is 3.46. The fraction of sp³-hybridized carbons (Fsp3) is 0.368. The summed E-state index contributed by atoms with van der Waals surface area (Å²) < 4.78 is 63.2. The maximum absolute atomic E-state index is 14.2. The molecule has 1 fully saturated rings. The fourth-order valence-electron chi connectivity index (χ4n) is 2.45. The molecule has 0 radical (unpaired) electrons. The zero-order valence-corrected chi connectivity index (χ0v) is 17.7. The number of sulfonamides is 1. The number of halogens is 3. The van der Waals surface area contributed by atoms with Crippen molar-refractivity contribution in [2.24, 2.45) is 5.41 Å². The molecule has 1 aromatic heterocycles. The summed E-state index contributed by atoms with van der Waals surface area (Å²) in [6, 6.07) is 2.81. The molecule has 7 nitrogen and oxygen atoms in total. The van der Waals surface area contributed by atoms with Gasteiger partial charge in [-0.2, -0.15) is 0 Å². The molecule has 2 aromatic rings. The fourth-order valence-corrected chi connectivity index (χ4v) is 3.11. The molecule has 11 heteroatoms. The van der Waals surface area contributed by atoms with Gasteiger partial charge in [0.2, 0.25) is 15.9 Å². The van der Waals surface area contributed by atoms with E-state index < -0.39 is 33.1 Å². The highest BCUT2D eigenvalue weighted by Crippen LogP contribution is 2.45. The van der Waals surface area contributed by atoms with Gasteiger partial charge in [-0.25, -0.2) is 26.9 Å². The summed E-state index contributed by atoms with van der Waals surface area (Å²) in [4.78, 5) is 15.8. The number of aromatic nitrogens is 1. The number of hydrogen-bond donors (Lipinski definition) is 1. The summed E-state index contributed by atoms with van der Waals surface area (Å²) in [5, 5.41) is 0.219. The van der Waals surface area contributed by atoms with Gasteiger partial charge in [-0.3, -0.25) is 4.79 Å². The van der Waals surface area contributed by atoms with Crippen LogP contribution in [0.2, 0.25) is 5.02 Å². The number of hydrogen-bond acceptors (Lipinski definition) is 6. The van der Waals surface area contributed by atoms with Crippen LogP contribution in [0.3, 0.4) is 0 Å². The molecule has 0 spiro atoms. The molecule has 1 aliphatic rings. The number of amides is 1. The molecule has 0 unspecified atom stereocenters. The minimum atomic E-state index is -3.92. The normalized spacial score (nSPS) is 14.8. The third-order valence-electron chi connectivity index (χ3n) is 4.50. The molecule has 0 atom stereocenters. The molecule has 1 aliphatic carbocycles. The average Bonchev–Trinajstić information content (AvgIpc) is 3.37. The number of benzene rings is 1. The second kappa shape index (κ2) is 8.35. The minimum absolute atomic E-state index is 0.159. The van der Waals surface area contributed by atoms with E-state index in [0.717, 1.165) is 25.2 Å². The third kappa shape index (κ3) is 5.79. The van der Waals surface area contributed by atoms with E-state index in [1.807, 2.05) is 0 Å². The van der Waals surface area contributed by atoms with Crippen molar-refractivity contribution in [3.63, 3.8) is 0 Å². The topological polar surface area (TPSA) is 94.6 Å². The number of ether oxygens (including phenoxy) is 2. The number of nitrogens with zero attached hydrogens (tertiary/aromatic N) is 1. The average molecular weight is 461 g/mol. The molecular formula is C19H19ClF2N2O5S. The SMILES string of the molecule is CC1(COc2ncc(OCc3cc(F)c(C(=O)NS(C)(=O)=O)cc3F)cc2Cl)CC1. The van der Waals surface area contributed by atoms with E-state index >= 15 is 0 Å². The van der Waals surface area contributed by atoms with Crippen LogP contribution in [-0.4, -0.2) is 32.2 Å². The first-order chi connectivity index (χ1) is 14.0. The first-order valence-corrected chi connectivity index (χ1v) is 11.1. The van der Waals surface area contributed by atoms with Crippen LogP contribution in [0.4, 0.5) is 8.78 Å². The quantitative estimate of drug-likeness (QED) is 0.648. The molecule has 0 bridgehead atoms. The lowest BCUT2D eigenvalue weighted by molar-refractivity contribution is 0.0977. The number of carbonyl (C=O) groups excluding carboxylic acids is 1. The zero-order valence-electron chi connectivity index (χ0n) is 16.2. The summed E-state index contributed by atoms with van der Waals surface area (Å²) in [6.07, 6.45) is 4.24. The van der Waals surface area contributed by atoms with Crippen molar-refractivity contribution in [2.75, 3.05) is 12.9 Å². The van der Waals surface area contributed by atoms with Crippen molar-refractivity contribution in [2.45, 2.75) is 26.4 Å². The van der Waals surface area contributed by atoms with Gasteiger partial charge in [0.1, 0.15) is 29.0 Å². The van der Waals surface area contributed by atoms with Gasteiger partial charge in [-0.1, -0.05) is 18.5 Å². The van der Waals surface area contributed by atoms with Gasteiger partial charge < -0.3 is 9.47 Å². The van der Waals surface area contributed by atoms with Crippen LogP contribution >= 0.6 is 11.6 Å². The predicted molar refractivity (Wildman–Crippen MR) is 105 cm³/mol. The molecule has 1 amide bonds. The molecule has 1 aromatic carbocycles. The zero-order chi connectivity index (χ0) is 22.1. The van der Waals surface area contributed by atoms with Crippen LogP contribution in [0.1, 0.15) is 35.7 Å². The molecule has 0 saturated heterocycles. The Morgan fingerprint density at radius 2 is 1.93 bits per heavy atom. The van der Waals surface area contributed by atoms with Crippen molar-refractivity contribution < 1.29 is 31.5 Å². The highest BCUT2D eigenvalue weighted by atomic mass is 35.5. The summed E-state index contributed by atoms with van der Waals surface area (Å²) in [7, 11) is -3.92. The van der Waals surface area contributed by atoms with E-state index in [1.165, 1.54) is 12.3 Å². The van der Waals surface area contributed by atoms with Crippen LogP contribution in [0, 0.1) is 17.0 Å². The Kier molecular flexibility index (Phi) is 6.19. The largest absolute Gasteiger partial charge is 0.487 e. The van der Waals surface area contributed by atoms with E-state index in [0.29, 0.717) is 12.7 Å². The van der Waals surface area contributed by atoms with Gasteiger partial charge in [0.25, 0.3) is 5.91 Å². The highest BCUT2D eigenvalue weighted by Gasteiger charge is 2.38.